The van der Waals surface area contributed by atoms with Crippen molar-refractivity contribution in [1.82, 2.24) is 9.97 Å². The topological polar surface area (TPSA) is 25.8 Å². The Balaban J connectivity index is 0.000000383. The Kier molecular flexibility index (Phi) is 14.9. The predicted molar refractivity (Wildman–Crippen MR) is 172 cm³/mol. The first-order chi connectivity index (χ1) is 18.1. The Bertz CT molecular complexity index is 1560. The molecule has 42 heavy (non-hydrogen) atoms. The van der Waals surface area contributed by atoms with Gasteiger partial charge in [-0.3, -0.25) is 9.97 Å². The molecular weight excluding hydrogens is 746 g/mol. The second-order valence-electron chi connectivity index (χ2n) is 12.0. The fourth-order valence-electron chi connectivity index (χ4n) is 4.83. The standard InChI is InChI=1S/2C17H18NSi.2ClH.2Zr/c2*1-19(2,3)14-11-13-7-6-8-15(16(13)12-14)17-9-4-5-10-18-17;;;;/h2*4-12H,1-3H3;2*1H;;/q2*-1;;;2*+2/p-2. The van der Waals surface area contributed by atoms with Crippen molar-refractivity contribution in [3.8, 4) is 22.5 Å². The molecular formula is C34H36Cl2N2Si2Zr2. The van der Waals surface area contributed by atoms with Crippen LogP contribution in [0, 0.1) is 0 Å². The maximum atomic E-state index is 4.48. The van der Waals surface area contributed by atoms with E-state index in [2.05, 4.69) is 122 Å². The van der Waals surface area contributed by atoms with Gasteiger partial charge in [0.25, 0.3) is 0 Å². The normalized spacial score (nSPS) is 10.8. The van der Waals surface area contributed by atoms with E-state index in [1.165, 1.54) is 43.0 Å². The summed E-state index contributed by atoms with van der Waals surface area (Å²) < 4.78 is 0. The van der Waals surface area contributed by atoms with Gasteiger partial charge in [0.2, 0.25) is 0 Å². The van der Waals surface area contributed by atoms with E-state index in [1.54, 1.807) is 0 Å². The van der Waals surface area contributed by atoms with Crippen LogP contribution in [0.3, 0.4) is 0 Å². The van der Waals surface area contributed by atoms with Crippen LogP contribution in [0.15, 0.2) is 109 Å². The molecule has 0 unspecified atom stereocenters. The summed E-state index contributed by atoms with van der Waals surface area (Å²) in [5, 5.41) is 8.37. The van der Waals surface area contributed by atoms with Crippen LogP contribution in [0.5, 0.6) is 0 Å². The second kappa shape index (κ2) is 16.2. The molecule has 0 spiro atoms. The first-order valence-corrected chi connectivity index (χ1v) is 20.3. The molecule has 4 aromatic carbocycles. The summed E-state index contributed by atoms with van der Waals surface area (Å²) in [5.41, 5.74) is 4.59. The average molecular weight is 782 g/mol. The molecule has 0 aliphatic heterocycles. The van der Waals surface area contributed by atoms with Crippen LogP contribution in [0.2, 0.25) is 39.3 Å². The summed E-state index contributed by atoms with van der Waals surface area (Å²) in [6.45, 7) is 14.3. The van der Waals surface area contributed by atoms with Crippen molar-refractivity contribution in [2.24, 2.45) is 0 Å². The molecule has 0 fully saturated rings. The Labute approximate surface area is 303 Å². The molecule has 0 saturated heterocycles. The largest absolute Gasteiger partial charge is 2.00 e. The summed E-state index contributed by atoms with van der Waals surface area (Å²) in [5.74, 6) is 0. The number of halogens is 2. The van der Waals surface area contributed by atoms with Crippen LogP contribution in [0.4, 0.5) is 0 Å². The van der Waals surface area contributed by atoms with Gasteiger partial charge in [-0.15, -0.1) is 68.3 Å². The zero-order valence-corrected chi connectivity index (χ0v) is 33.5. The summed E-state index contributed by atoms with van der Waals surface area (Å²) >= 11 is 0. The SMILES string of the molecule is C[Si](C)(C)c1cc2c(-c3ccccn3)cccc2[cH-]1.C[Si](C)(C)c1cc2c(-c3ccccn3)cccc2[cH-]1.[Cl-].[Cl-].[Zr+2].[Zr+2]. The molecule has 0 aliphatic rings. The van der Waals surface area contributed by atoms with E-state index in [0.29, 0.717) is 0 Å². The molecule has 6 rings (SSSR count). The molecule has 0 aliphatic carbocycles. The zero-order chi connectivity index (χ0) is 26.9. The maximum Gasteiger partial charge on any atom is 2.00 e. The number of pyridine rings is 2. The summed E-state index contributed by atoms with van der Waals surface area (Å²) in [6, 6.07) is 34.6. The van der Waals surface area contributed by atoms with Gasteiger partial charge in [-0.2, -0.15) is 12.1 Å². The third-order valence-electron chi connectivity index (χ3n) is 7.12. The first-order valence-electron chi connectivity index (χ1n) is 13.3. The molecule has 0 bridgehead atoms. The molecule has 0 amide bonds. The van der Waals surface area contributed by atoms with E-state index in [-0.39, 0.29) is 77.2 Å². The van der Waals surface area contributed by atoms with E-state index >= 15 is 0 Å². The molecule has 0 saturated carbocycles. The first kappa shape index (κ1) is 38.8. The number of rotatable bonds is 4. The van der Waals surface area contributed by atoms with E-state index < -0.39 is 16.1 Å². The van der Waals surface area contributed by atoms with E-state index in [9.17, 15) is 0 Å². The van der Waals surface area contributed by atoms with Gasteiger partial charge < -0.3 is 24.8 Å². The number of hydrogen-bond donors (Lipinski definition) is 0. The van der Waals surface area contributed by atoms with Crippen molar-refractivity contribution in [2.45, 2.75) is 39.3 Å². The second-order valence-corrected chi connectivity index (χ2v) is 22.2. The van der Waals surface area contributed by atoms with Crippen molar-refractivity contribution in [3.05, 3.63) is 109 Å². The fourth-order valence-corrected chi connectivity index (χ4v) is 7.16. The summed E-state index contributed by atoms with van der Waals surface area (Å²) in [7, 11) is -2.52. The number of benzene rings is 2. The van der Waals surface area contributed by atoms with Gasteiger partial charge in [0.05, 0.1) is 27.5 Å². The monoisotopic (exact) mass is 778 g/mol. The molecule has 0 N–H and O–H groups in total. The van der Waals surface area contributed by atoms with E-state index in [1.807, 2.05) is 36.7 Å². The number of hydrogen-bond acceptors (Lipinski definition) is 2. The number of aromatic nitrogens is 2. The number of nitrogens with zero attached hydrogens (tertiary/aromatic N) is 2. The Morgan fingerprint density at radius 1 is 0.500 bits per heavy atom. The predicted octanol–water partition coefficient (Wildman–Crippen LogP) is 2.33. The average Bonchev–Trinajstić information content (AvgIpc) is 3.55. The van der Waals surface area contributed by atoms with Crippen molar-refractivity contribution >= 4 is 48.1 Å². The van der Waals surface area contributed by atoms with Crippen LogP contribution < -0.4 is 35.2 Å². The van der Waals surface area contributed by atoms with Crippen LogP contribution in [0.1, 0.15) is 0 Å². The Hall–Kier alpha value is -1.26. The summed E-state index contributed by atoms with van der Waals surface area (Å²) in [4.78, 5) is 8.96. The van der Waals surface area contributed by atoms with Gasteiger partial charge in [0, 0.05) is 12.4 Å². The van der Waals surface area contributed by atoms with Crippen molar-refractivity contribution in [2.75, 3.05) is 0 Å². The van der Waals surface area contributed by atoms with Crippen LogP contribution >= 0.6 is 0 Å². The minimum atomic E-state index is -1.26. The third kappa shape index (κ3) is 8.90. The van der Waals surface area contributed by atoms with E-state index in [0.717, 1.165) is 11.4 Å². The summed E-state index contributed by atoms with van der Waals surface area (Å²) in [6.07, 6.45) is 3.72. The Morgan fingerprint density at radius 3 is 1.19 bits per heavy atom. The van der Waals surface area contributed by atoms with Gasteiger partial charge in [-0.05, 0) is 35.4 Å². The number of fused-ring (bicyclic) bond motifs is 2. The van der Waals surface area contributed by atoms with Gasteiger partial charge >= 0.3 is 52.4 Å². The van der Waals surface area contributed by atoms with Crippen LogP contribution in [-0.4, -0.2) is 26.1 Å². The molecule has 2 aromatic heterocycles. The van der Waals surface area contributed by atoms with Gasteiger partial charge in [-0.25, -0.2) is 0 Å². The molecule has 0 atom stereocenters. The van der Waals surface area contributed by atoms with Crippen LogP contribution in [0.25, 0.3) is 44.1 Å². The van der Waals surface area contributed by atoms with Gasteiger partial charge in [0.1, 0.15) is 0 Å². The van der Waals surface area contributed by atoms with Gasteiger partial charge in [-0.1, -0.05) is 63.5 Å². The molecule has 0 radical (unpaired) electrons. The van der Waals surface area contributed by atoms with Gasteiger partial charge in [0.15, 0.2) is 0 Å². The molecule has 6 aromatic rings. The zero-order valence-electron chi connectivity index (χ0n) is 25.0. The molecule has 2 nitrogen and oxygen atoms in total. The third-order valence-corrected chi connectivity index (χ3v) is 11.2. The van der Waals surface area contributed by atoms with Crippen molar-refractivity contribution < 1.29 is 77.2 Å². The Morgan fingerprint density at radius 2 is 0.881 bits per heavy atom. The van der Waals surface area contributed by atoms with Crippen molar-refractivity contribution in [1.29, 1.82) is 0 Å². The minimum absolute atomic E-state index is 0. The molecule has 212 valence electrons. The molecule has 8 heteroatoms. The smallest absolute Gasteiger partial charge is 1.00 e. The molecule has 2 heterocycles. The maximum absolute atomic E-state index is 4.48. The quantitative estimate of drug-likeness (QED) is 0.203. The minimum Gasteiger partial charge on any atom is -1.00 e. The van der Waals surface area contributed by atoms with Crippen LogP contribution in [-0.2, 0) is 52.4 Å². The van der Waals surface area contributed by atoms with Crippen molar-refractivity contribution in [3.63, 3.8) is 0 Å². The van der Waals surface area contributed by atoms with E-state index in [4.69, 9.17) is 0 Å². The fraction of sp³-hybridized carbons (Fsp3) is 0.176.